The van der Waals surface area contributed by atoms with Crippen LogP contribution in [0.25, 0.3) is 0 Å². The van der Waals surface area contributed by atoms with Gasteiger partial charge in [0.25, 0.3) is 0 Å². The number of rotatable bonds is 6. The van der Waals surface area contributed by atoms with E-state index in [2.05, 4.69) is 27.1 Å². The molecule has 0 radical (unpaired) electrons. The molecular weight excluding hydrogens is 255 g/mol. The number of likely N-dealkylation sites (tertiary alicyclic amines) is 1. The van der Waals surface area contributed by atoms with Crippen molar-refractivity contribution in [1.29, 1.82) is 0 Å². The standard InChI is InChI=1S/C15H25FN4/c1-3-13-14(16)15(19-11-18-13)17-8-6-10-20-9-5-4-7-12(20)2/h11-12H,3-10H2,1-2H3,(H,17,18,19). The molecule has 1 atom stereocenters. The van der Waals surface area contributed by atoms with Crippen LogP contribution in [0.2, 0.25) is 0 Å². The van der Waals surface area contributed by atoms with Crippen LogP contribution in [0.1, 0.15) is 45.2 Å². The number of halogens is 1. The van der Waals surface area contributed by atoms with E-state index in [0.717, 1.165) is 19.5 Å². The molecule has 1 fully saturated rings. The number of aromatic nitrogens is 2. The first kappa shape index (κ1) is 15.2. The summed E-state index contributed by atoms with van der Waals surface area (Å²) in [6.45, 7) is 7.21. The molecule has 1 saturated heterocycles. The van der Waals surface area contributed by atoms with Gasteiger partial charge in [-0.15, -0.1) is 0 Å². The van der Waals surface area contributed by atoms with E-state index in [9.17, 15) is 4.39 Å². The van der Waals surface area contributed by atoms with Crippen LogP contribution in [0.4, 0.5) is 10.2 Å². The minimum atomic E-state index is -0.304. The monoisotopic (exact) mass is 280 g/mol. The first-order valence-corrected chi connectivity index (χ1v) is 7.69. The zero-order chi connectivity index (χ0) is 14.4. The molecule has 1 aromatic rings. The minimum absolute atomic E-state index is 0.304. The summed E-state index contributed by atoms with van der Waals surface area (Å²) in [5.41, 5.74) is 0.479. The highest BCUT2D eigenvalue weighted by atomic mass is 19.1. The molecule has 0 spiro atoms. The van der Waals surface area contributed by atoms with Crippen molar-refractivity contribution < 1.29 is 4.39 Å². The number of anilines is 1. The van der Waals surface area contributed by atoms with Gasteiger partial charge < -0.3 is 10.2 Å². The average molecular weight is 280 g/mol. The summed E-state index contributed by atoms with van der Waals surface area (Å²) in [4.78, 5) is 10.4. The fourth-order valence-electron chi connectivity index (χ4n) is 2.75. The topological polar surface area (TPSA) is 41.1 Å². The SMILES string of the molecule is CCc1ncnc(NCCCN2CCCCC2C)c1F. The lowest BCUT2D eigenvalue weighted by molar-refractivity contribution is 0.160. The Kier molecular flexibility index (Phi) is 5.71. The molecule has 0 amide bonds. The Morgan fingerprint density at radius 3 is 3.00 bits per heavy atom. The van der Waals surface area contributed by atoms with Crippen LogP contribution >= 0.6 is 0 Å². The lowest BCUT2D eigenvalue weighted by Gasteiger charge is -2.33. The Hall–Kier alpha value is -1.23. The molecule has 1 aliphatic heterocycles. The summed E-state index contributed by atoms with van der Waals surface area (Å²) in [5.74, 6) is 0.0323. The summed E-state index contributed by atoms with van der Waals surface area (Å²) in [6.07, 6.45) is 6.98. The molecule has 0 bridgehead atoms. The predicted octanol–water partition coefficient (Wildman–Crippen LogP) is 2.85. The molecule has 1 aliphatic rings. The second-order valence-corrected chi connectivity index (χ2v) is 5.50. The molecule has 1 aromatic heterocycles. The van der Waals surface area contributed by atoms with Gasteiger partial charge in [-0.05, 0) is 39.2 Å². The molecule has 0 aromatic carbocycles. The Bertz CT molecular complexity index is 424. The highest BCUT2D eigenvalue weighted by Crippen LogP contribution is 2.17. The van der Waals surface area contributed by atoms with E-state index in [-0.39, 0.29) is 5.82 Å². The third kappa shape index (κ3) is 3.88. The number of hydrogen-bond acceptors (Lipinski definition) is 4. The van der Waals surface area contributed by atoms with E-state index < -0.39 is 0 Å². The van der Waals surface area contributed by atoms with Crippen molar-refractivity contribution in [3.63, 3.8) is 0 Å². The number of aryl methyl sites for hydroxylation is 1. The Labute approximate surface area is 120 Å². The lowest BCUT2D eigenvalue weighted by Crippen LogP contribution is -2.38. The molecule has 5 heteroatoms. The Morgan fingerprint density at radius 2 is 2.25 bits per heavy atom. The molecule has 1 unspecified atom stereocenters. The average Bonchev–Trinajstić information content (AvgIpc) is 2.47. The number of nitrogens with one attached hydrogen (secondary N) is 1. The molecule has 1 N–H and O–H groups in total. The maximum atomic E-state index is 13.9. The molecule has 0 aliphatic carbocycles. The summed E-state index contributed by atoms with van der Waals surface area (Å²) >= 11 is 0. The summed E-state index contributed by atoms with van der Waals surface area (Å²) in [6, 6.07) is 0.686. The van der Waals surface area contributed by atoms with Gasteiger partial charge in [0.05, 0.1) is 5.69 Å². The molecule has 0 saturated carbocycles. The van der Waals surface area contributed by atoms with E-state index in [0.29, 0.717) is 24.0 Å². The van der Waals surface area contributed by atoms with Crippen LogP contribution in [0.5, 0.6) is 0 Å². The van der Waals surface area contributed by atoms with E-state index in [4.69, 9.17) is 0 Å². The maximum absolute atomic E-state index is 13.9. The molecule has 4 nitrogen and oxygen atoms in total. The van der Waals surface area contributed by atoms with Gasteiger partial charge >= 0.3 is 0 Å². The first-order chi connectivity index (χ1) is 9.72. The third-order valence-corrected chi connectivity index (χ3v) is 4.05. The van der Waals surface area contributed by atoms with Gasteiger partial charge in [-0.3, -0.25) is 0 Å². The smallest absolute Gasteiger partial charge is 0.186 e. The zero-order valence-electron chi connectivity index (χ0n) is 12.5. The van der Waals surface area contributed by atoms with Crippen LogP contribution in [0, 0.1) is 5.82 Å². The highest BCUT2D eigenvalue weighted by molar-refractivity contribution is 5.37. The van der Waals surface area contributed by atoms with Crippen LogP contribution in [-0.2, 0) is 6.42 Å². The van der Waals surface area contributed by atoms with Gasteiger partial charge in [0.15, 0.2) is 11.6 Å². The van der Waals surface area contributed by atoms with E-state index in [1.807, 2.05) is 6.92 Å². The van der Waals surface area contributed by atoms with Crippen molar-refractivity contribution in [2.24, 2.45) is 0 Å². The van der Waals surface area contributed by atoms with Gasteiger partial charge in [0, 0.05) is 19.1 Å². The molecule has 112 valence electrons. The van der Waals surface area contributed by atoms with Crippen LogP contribution in [0.3, 0.4) is 0 Å². The van der Waals surface area contributed by atoms with Gasteiger partial charge in [-0.25, -0.2) is 14.4 Å². The first-order valence-electron chi connectivity index (χ1n) is 7.69. The zero-order valence-corrected chi connectivity index (χ0v) is 12.5. The normalized spacial score (nSPS) is 20.1. The maximum Gasteiger partial charge on any atom is 0.186 e. The molecule has 2 heterocycles. The van der Waals surface area contributed by atoms with E-state index in [1.165, 1.54) is 32.1 Å². The highest BCUT2D eigenvalue weighted by Gasteiger charge is 2.17. The molecular formula is C15H25FN4. The lowest BCUT2D eigenvalue weighted by atomic mass is 10.0. The van der Waals surface area contributed by atoms with Gasteiger partial charge in [-0.1, -0.05) is 13.3 Å². The summed E-state index contributed by atoms with van der Waals surface area (Å²) in [5, 5.41) is 3.09. The van der Waals surface area contributed by atoms with Gasteiger partial charge in [0.2, 0.25) is 0 Å². The second kappa shape index (κ2) is 7.53. The van der Waals surface area contributed by atoms with Crippen molar-refractivity contribution in [1.82, 2.24) is 14.9 Å². The van der Waals surface area contributed by atoms with Gasteiger partial charge in [0.1, 0.15) is 6.33 Å². The van der Waals surface area contributed by atoms with Crippen molar-refractivity contribution in [2.45, 2.75) is 52.0 Å². The van der Waals surface area contributed by atoms with Crippen molar-refractivity contribution in [2.75, 3.05) is 25.0 Å². The van der Waals surface area contributed by atoms with E-state index in [1.54, 1.807) is 0 Å². The summed E-state index contributed by atoms with van der Waals surface area (Å²) in [7, 11) is 0. The molecule has 20 heavy (non-hydrogen) atoms. The third-order valence-electron chi connectivity index (χ3n) is 4.05. The summed E-state index contributed by atoms with van der Waals surface area (Å²) < 4.78 is 13.9. The van der Waals surface area contributed by atoms with Crippen LogP contribution in [-0.4, -0.2) is 40.5 Å². The van der Waals surface area contributed by atoms with Crippen LogP contribution in [0.15, 0.2) is 6.33 Å². The molecule has 2 rings (SSSR count). The largest absolute Gasteiger partial charge is 0.367 e. The second-order valence-electron chi connectivity index (χ2n) is 5.50. The van der Waals surface area contributed by atoms with Gasteiger partial charge in [-0.2, -0.15) is 0 Å². The Balaban J connectivity index is 1.76. The fourth-order valence-corrected chi connectivity index (χ4v) is 2.75. The number of hydrogen-bond donors (Lipinski definition) is 1. The number of piperidine rings is 1. The van der Waals surface area contributed by atoms with Crippen molar-refractivity contribution in [3.05, 3.63) is 17.8 Å². The van der Waals surface area contributed by atoms with Crippen molar-refractivity contribution >= 4 is 5.82 Å². The van der Waals surface area contributed by atoms with Crippen molar-refractivity contribution in [3.8, 4) is 0 Å². The Morgan fingerprint density at radius 1 is 1.40 bits per heavy atom. The van der Waals surface area contributed by atoms with Crippen LogP contribution < -0.4 is 5.32 Å². The fraction of sp³-hybridized carbons (Fsp3) is 0.733. The predicted molar refractivity (Wildman–Crippen MR) is 79.4 cm³/mol. The van der Waals surface area contributed by atoms with E-state index >= 15 is 0 Å². The quantitative estimate of drug-likeness (QED) is 0.814. The number of nitrogens with zero attached hydrogens (tertiary/aromatic N) is 3. The minimum Gasteiger partial charge on any atom is -0.367 e.